The SMILES string of the molecule is O=C(Nc1cccc(Br)c1)c1nn2c(C(F)(F)F)nnc2s1. The zero-order valence-electron chi connectivity index (χ0n) is 10.4. The molecule has 0 aliphatic carbocycles. The fourth-order valence-electron chi connectivity index (χ4n) is 1.64. The Bertz CT molecular complexity index is 859. The maximum atomic E-state index is 12.7. The van der Waals surface area contributed by atoms with Crippen LogP contribution in [0.5, 0.6) is 0 Å². The maximum Gasteiger partial charge on any atom is 0.453 e. The van der Waals surface area contributed by atoms with Crippen molar-refractivity contribution < 1.29 is 18.0 Å². The van der Waals surface area contributed by atoms with E-state index in [-0.39, 0.29) is 9.97 Å². The Labute approximate surface area is 133 Å². The highest BCUT2D eigenvalue weighted by molar-refractivity contribution is 9.10. The highest BCUT2D eigenvalue weighted by Crippen LogP contribution is 2.29. The molecule has 0 aliphatic heterocycles. The minimum absolute atomic E-state index is 0.105. The van der Waals surface area contributed by atoms with Crippen LogP contribution in [0.4, 0.5) is 18.9 Å². The van der Waals surface area contributed by atoms with Gasteiger partial charge in [-0.3, -0.25) is 4.79 Å². The summed E-state index contributed by atoms with van der Waals surface area (Å²) < 4.78 is 39.3. The van der Waals surface area contributed by atoms with E-state index < -0.39 is 17.9 Å². The Morgan fingerprint density at radius 3 is 2.77 bits per heavy atom. The number of alkyl halides is 3. The number of fused-ring (bicyclic) bond motifs is 1. The van der Waals surface area contributed by atoms with Gasteiger partial charge in [0.2, 0.25) is 9.97 Å². The summed E-state index contributed by atoms with van der Waals surface area (Å²) in [7, 11) is 0. The molecule has 0 spiro atoms. The first kappa shape index (κ1) is 14.9. The van der Waals surface area contributed by atoms with Gasteiger partial charge in [0.05, 0.1) is 0 Å². The van der Waals surface area contributed by atoms with Crippen molar-refractivity contribution >= 4 is 43.8 Å². The summed E-state index contributed by atoms with van der Waals surface area (Å²) in [5, 5.41) is 12.4. The normalized spacial score (nSPS) is 11.8. The molecule has 1 aromatic carbocycles. The van der Waals surface area contributed by atoms with Gasteiger partial charge in [0.25, 0.3) is 11.7 Å². The topological polar surface area (TPSA) is 72.2 Å². The molecular weight excluding hydrogens is 387 g/mol. The van der Waals surface area contributed by atoms with Gasteiger partial charge in [0, 0.05) is 10.2 Å². The van der Waals surface area contributed by atoms with Crippen molar-refractivity contribution in [1.82, 2.24) is 19.8 Å². The van der Waals surface area contributed by atoms with Crippen molar-refractivity contribution in [1.29, 1.82) is 0 Å². The van der Waals surface area contributed by atoms with Gasteiger partial charge in [0.1, 0.15) is 0 Å². The molecule has 1 N–H and O–H groups in total. The molecule has 0 saturated carbocycles. The molecule has 11 heteroatoms. The number of nitrogens with zero attached hydrogens (tertiary/aromatic N) is 4. The Morgan fingerprint density at radius 2 is 2.09 bits per heavy atom. The molecule has 0 radical (unpaired) electrons. The quantitative estimate of drug-likeness (QED) is 0.727. The van der Waals surface area contributed by atoms with Gasteiger partial charge in [-0.15, -0.1) is 15.3 Å². The monoisotopic (exact) mass is 391 g/mol. The summed E-state index contributed by atoms with van der Waals surface area (Å²) >= 11 is 3.97. The fourth-order valence-corrected chi connectivity index (χ4v) is 2.77. The van der Waals surface area contributed by atoms with Crippen molar-refractivity contribution in [3.8, 4) is 0 Å². The van der Waals surface area contributed by atoms with E-state index in [1.54, 1.807) is 24.3 Å². The molecule has 0 aliphatic rings. The number of anilines is 1. The lowest BCUT2D eigenvalue weighted by Gasteiger charge is -2.03. The van der Waals surface area contributed by atoms with Crippen LogP contribution in [0.15, 0.2) is 28.7 Å². The minimum Gasteiger partial charge on any atom is -0.320 e. The van der Waals surface area contributed by atoms with Gasteiger partial charge >= 0.3 is 6.18 Å². The number of carbonyl (C=O) groups excluding carboxylic acids is 1. The summed E-state index contributed by atoms with van der Waals surface area (Å²) in [5.74, 6) is -1.89. The van der Waals surface area contributed by atoms with Gasteiger partial charge in [-0.05, 0) is 18.2 Å². The van der Waals surface area contributed by atoms with Crippen LogP contribution < -0.4 is 5.32 Å². The summed E-state index contributed by atoms with van der Waals surface area (Å²) in [4.78, 5) is 11.9. The van der Waals surface area contributed by atoms with Crippen molar-refractivity contribution in [2.75, 3.05) is 5.32 Å². The largest absolute Gasteiger partial charge is 0.453 e. The molecule has 6 nitrogen and oxygen atoms in total. The molecular formula is C11H5BrF3N5OS. The second-order valence-electron chi connectivity index (χ2n) is 4.09. The Kier molecular flexibility index (Phi) is 3.60. The first-order valence-electron chi connectivity index (χ1n) is 5.71. The van der Waals surface area contributed by atoms with Gasteiger partial charge in [-0.1, -0.05) is 33.3 Å². The van der Waals surface area contributed by atoms with Crippen LogP contribution >= 0.6 is 27.3 Å². The number of hydrogen-bond donors (Lipinski definition) is 1. The predicted octanol–water partition coefficient (Wildman–Crippen LogP) is 3.22. The third kappa shape index (κ3) is 2.81. The van der Waals surface area contributed by atoms with Gasteiger partial charge in [-0.2, -0.15) is 17.7 Å². The second-order valence-corrected chi connectivity index (χ2v) is 5.96. The molecule has 0 bridgehead atoms. The van der Waals surface area contributed by atoms with Gasteiger partial charge in [-0.25, -0.2) is 0 Å². The molecule has 2 aromatic heterocycles. The van der Waals surface area contributed by atoms with Crippen molar-refractivity contribution in [2.45, 2.75) is 6.18 Å². The molecule has 114 valence electrons. The summed E-state index contributed by atoms with van der Waals surface area (Å²) in [6, 6.07) is 6.78. The molecule has 3 rings (SSSR count). The third-order valence-electron chi connectivity index (χ3n) is 2.52. The fraction of sp³-hybridized carbons (Fsp3) is 0.0909. The average molecular weight is 392 g/mol. The van der Waals surface area contributed by atoms with Crippen molar-refractivity contribution in [3.05, 3.63) is 39.6 Å². The van der Waals surface area contributed by atoms with Crippen LogP contribution in [0.1, 0.15) is 15.6 Å². The lowest BCUT2D eigenvalue weighted by Crippen LogP contribution is -2.14. The first-order chi connectivity index (χ1) is 10.3. The lowest BCUT2D eigenvalue weighted by molar-refractivity contribution is -0.146. The van der Waals surface area contributed by atoms with Crippen molar-refractivity contribution in [3.63, 3.8) is 0 Å². The van der Waals surface area contributed by atoms with E-state index >= 15 is 0 Å². The summed E-state index contributed by atoms with van der Waals surface area (Å²) in [6.45, 7) is 0. The van der Waals surface area contributed by atoms with E-state index in [2.05, 4.69) is 36.5 Å². The predicted molar refractivity (Wildman–Crippen MR) is 75.8 cm³/mol. The zero-order chi connectivity index (χ0) is 15.9. The number of amides is 1. The number of halogens is 4. The molecule has 0 fully saturated rings. The van der Waals surface area contributed by atoms with E-state index in [0.29, 0.717) is 10.2 Å². The van der Waals surface area contributed by atoms with E-state index in [1.165, 1.54) is 0 Å². The number of aromatic nitrogens is 4. The summed E-state index contributed by atoms with van der Waals surface area (Å²) in [6.07, 6.45) is -4.69. The van der Waals surface area contributed by atoms with Crippen LogP contribution in [0.3, 0.4) is 0 Å². The van der Waals surface area contributed by atoms with E-state index in [4.69, 9.17) is 0 Å². The molecule has 0 atom stereocenters. The Morgan fingerprint density at radius 1 is 1.32 bits per heavy atom. The number of benzene rings is 1. The summed E-state index contributed by atoms with van der Waals surface area (Å²) in [5.41, 5.74) is 0.487. The minimum atomic E-state index is -4.69. The molecule has 22 heavy (non-hydrogen) atoms. The Hall–Kier alpha value is -2.01. The zero-order valence-corrected chi connectivity index (χ0v) is 12.8. The molecule has 0 unspecified atom stereocenters. The number of nitrogens with one attached hydrogen (secondary N) is 1. The molecule has 2 heterocycles. The molecule has 0 saturated heterocycles. The number of carbonyl (C=O) groups is 1. The van der Waals surface area contributed by atoms with Crippen LogP contribution in [0, 0.1) is 0 Å². The molecule has 3 aromatic rings. The van der Waals surface area contributed by atoms with Crippen LogP contribution in [-0.2, 0) is 6.18 Å². The second kappa shape index (κ2) is 5.32. The number of rotatable bonds is 2. The Balaban J connectivity index is 1.90. The van der Waals surface area contributed by atoms with Crippen LogP contribution in [0.25, 0.3) is 4.96 Å². The molecule has 1 amide bonds. The number of hydrogen-bond acceptors (Lipinski definition) is 5. The van der Waals surface area contributed by atoms with Gasteiger partial charge < -0.3 is 5.32 Å². The maximum absolute atomic E-state index is 12.7. The van der Waals surface area contributed by atoms with Crippen LogP contribution in [-0.4, -0.2) is 25.7 Å². The third-order valence-corrected chi connectivity index (χ3v) is 3.91. The standard InChI is InChI=1S/C11H5BrF3N5OS/c12-5-2-1-3-6(4-5)16-7(21)8-19-20-9(11(13,14)15)17-18-10(20)22-8/h1-4H,(H,16,21). The van der Waals surface area contributed by atoms with E-state index in [1.807, 2.05) is 0 Å². The highest BCUT2D eigenvalue weighted by atomic mass is 79.9. The van der Waals surface area contributed by atoms with Crippen molar-refractivity contribution in [2.24, 2.45) is 0 Å². The average Bonchev–Trinajstić information content (AvgIpc) is 2.96. The smallest absolute Gasteiger partial charge is 0.320 e. The van der Waals surface area contributed by atoms with Gasteiger partial charge in [0.15, 0.2) is 0 Å². The highest BCUT2D eigenvalue weighted by Gasteiger charge is 2.38. The van der Waals surface area contributed by atoms with E-state index in [9.17, 15) is 18.0 Å². The van der Waals surface area contributed by atoms with Crippen LogP contribution in [0.2, 0.25) is 0 Å². The lowest BCUT2D eigenvalue weighted by atomic mass is 10.3. The van der Waals surface area contributed by atoms with E-state index in [0.717, 1.165) is 15.8 Å². The first-order valence-corrected chi connectivity index (χ1v) is 7.32.